The molecule has 33 heavy (non-hydrogen) atoms. The summed E-state index contributed by atoms with van der Waals surface area (Å²) in [5.41, 5.74) is 2.01. The molecule has 0 saturated carbocycles. The molecule has 1 amide bonds. The fourth-order valence-corrected chi connectivity index (χ4v) is 4.68. The van der Waals surface area contributed by atoms with Crippen molar-refractivity contribution >= 4 is 54.9 Å². The topological polar surface area (TPSA) is 74.6 Å². The quantitative estimate of drug-likeness (QED) is 0.282. The molecule has 7 nitrogen and oxygen atoms in total. The molecule has 168 valence electrons. The molecule has 4 aromatic rings. The number of hydrogen-bond donors (Lipinski definition) is 1. The highest BCUT2D eigenvalue weighted by Gasteiger charge is 2.16. The molecule has 0 spiro atoms. The van der Waals surface area contributed by atoms with Crippen molar-refractivity contribution in [3.63, 3.8) is 0 Å². The number of fused-ring (bicyclic) bond motifs is 1. The summed E-state index contributed by atoms with van der Waals surface area (Å²) in [6, 6.07) is 15.3. The van der Waals surface area contributed by atoms with E-state index in [2.05, 4.69) is 42.3 Å². The van der Waals surface area contributed by atoms with Crippen LogP contribution >= 0.6 is 43.2 Å². The molecule has 2 aromatic carbocycles. The van der Waals surface area contributed by atoms with E-state index in [0.717, 1.165) is 20.1 Å². The summed E-state index contributed by atoms with van der Waals surface area (Å²) in [7, 11) is 0. The molecule has 1 aliphatic heterocycles. The number of carbonyl (C=O) groups is 1. The fourth-order valence-electron chi connectivity index (χ4n) is 3.21. The molecule has 3 heterocycles. The third-order valence-corrected chi connectivity index (χ3v) is 6.92. The third kappa shape index (κ3) is 5.23. The standard InChI is InChI=1S/C23H17Br2N3O4S/c24-16-3-1-14(2-4-16)9-28-10-18(25)22(27-28)26-23(29)21-7-15(12-33-21)11-30-17-5-6-19-20(8-17)32-13-31-19/h1-8,10,12H,9,11,13H2,(H,26,27,29). The van der Waals surface area contributed by atoms with Crippen LogP contribution in [0.2, 0.25) is 0 Å². The molecule has 0 unspecified atom stereocenters. The first-order valence-electron chi connectivity index (χ1n) is 9.92. The number of hydrogen-bond acceptors (Lipinski definition) is 6. The maximum atomic E-state index is 12.7. The lowest BCUT2D eigenvalue weighted by Crippen LogP contribution is -2.11. The molecule has 10 heteroatoms. The minimum absolute atomic E-state index is 0.219. The van der Waals surface area contributed by atoms with Gasteiger partial charge in [-0.25, -0.2) is 0 Å². The molecule has 1 N–H and O–H groups in total. The summed E-state index contributed by atoms with van der Waals surface area (Å²) >= 11 is 8.27. The number of amides is 1. The van der Waals surface area contributed by atoms with E-state index in [9.17, 15) is 4.79 Å². The second-order valence-corrected chi connectivity index (χ2v) is 9.91. The van der Waals surface area contributed by atoms with Crippen molar-refractivity contribution in [1.29, 1.82) is 0 Å². The molecule has 0 atom stereocenters. The molecule has 0 radical (unpaired) electrons. The normalized spacial score (nSPS) is 12.1. The molecule has 0 saturated heterocycles. The maximum Gasteiger partial charge on any atom is 0.266 e. The Balaban J connectivity index is 1.19. The molecular weight excluding hydrogens is 574 g/mol. The summed E-state index contributed by atoms with van der Waals surface area (Å²) in [5, 5.41) is 9.27. The number of halogens is 2. The highest BCUT2D eigenvalue weighted by molar-refractivity contribution is 9.10. The van der Waals surface area contributed by atoms with Crippen LogP contribution in [0.15, 0.2) is 69.1 Å². The van der Waals surface area contributed by atoms with E-state index in [0.29, 0.717) is 41.1 Å². The first-order chi connectivity index (χ1) is 16.0. The van der Waals surface area contributed by atoms with E-state index in [-0.39, 0.29) is 12.7 Å². The van der Waals surface area contributed by atoms with Crippen molar-refractivity contribution < 1.29 is 19.0 Å². The van der Waals surface area contributed by atoms with Crippen molar-refractivity contribution in [1.82, 2.24) is 9.78 Å². The van der Waals surface area contributed by atoms with Gasteiger partial charge >= 0.3 is 0 Å². The van der Waals surface area contributed by atoms with Crippen LogP contribution in [0, 0.1) is 0 Å². The first kappa shape index (κ1) is 22.0. The van der Waals surface area contributed by atoms with Crippen molar-refractivity contribution in [3.8, 4) is 17.2 Å². The maximum absolute atomic E-state index is 12.7. The average molecular weight is 591 g/mol. The molecular formula is C23H17Br2N3O4S. The van der Waals surface area contributed by atoms with Crippen molar-refractivity contribution in [2.45, 2.75) is 13.2 Å². The lowest BCUT2D eigenvalue weighted by molar-refractivity contribution is 0.103. The van der Waals surface area contributed by atoms with E-state index in [1.165, 1.54) is 11.3 Å². The van der Waals surface area contributed by atoms with Crippen molar-refractivity contribution in [2.75, 3.05) is 12.1 Å². The predicted molar refractivity (Wildman–Crippen MR) is 132 cm³/mol. The van der Waals surface area contributed by atoms with Gasteiger partial charge in [0.25, 0.3) is 5.91 Å². The third-order valence-electron chi connectivity index (χ3n) is 4.83. The number of benzene rings is 2. The van der Waals surface area contributed by atoms with Gasteiger partial charge in [0.15, 0.2) is 17.3 Å². The van der Waals surface area contributed by atoms with Gasteiger partial charge in [-0.2, -0.15) is 5.10 Å². The van der Waals surface area contributed by atoms with Gasteiger partial charge in [-0.3, -0.25) is 9.48 Å². The zero-order valence-corrected chi connectivity index (χ0v) is 21.1. The zero-order valence-electron chi connectivity index (χ0n) is 17.1. The largest absolute Gasteiger partial charge is 0.489 e. The van der Waals surface area contributed by atoms with Gasteiger partial charge in [-0.15, -0.1) is 11.3 Å². The Kier molecular flexibility index (Phi) is 6.39. The summed E-state index contributed by atoms with van der Waals surface area (Å²) < 4.78 is 20.0. The van der Waals surface area contributed by atoms with E-state index < -0.39 is 0 Å². The fraction of sp³-hybridized carbons (Fsp3) is 0.130. The molecule has 5 rings (SSSR count). The molecule has 1 aliphatic rings. The number of thiophene rings is 1. The van der Waals surface area contributed by atoms with Crippen LogP contribution in [-0.4, -0.2) is 22.5 Å². The number of ether oxygens (including phenoxy) is 3. The van der Waals surface area contributed by atoms with Crippen LogP contribution in [0.3, 0.4) is 0 Å². The number of nitrogens with one attached hydrogen (secondary N) is 1. The van der Waals surface area contributed by atoms with Gasteiger partial charge in [0.2, 0.25) is 6.79 Å². The average Bonchev–Trinajstić information content (AvgIpc) is 3.54. The first-order valence-corrected chi connectivity index (χ1v) is 12.4. The number of anilines is 1. The Hall–Kier alpha value is -2.82. The minimum atomic E-state index is -0.219. The van der Waals surface area contributed by atoms with Gasteiger partial charge in [0.05, 0.1) is 15.9 Å². The number of nitrogens with zero attached hydrogens (tertiary/aromatic N) is 2. The van der Waals surface area contributed by atoms with Gasteiger partial charge in [-0.1, -0.05) is 28.1 Å². The number of rotatable bonds is 7. The lowest BCUT2D eigenvalue weighted by atomic mass is 10.2. The lowest BCUT2D eigenvalue weighted by Gasteiger charge is -2.05. The van der Waals surface area contributed by atoms with Crippen LogP contribution in [0.25, 0.3) is 0 Å². The SMILES string of the molecule is O=C(Nc1nn(Cc2ccc(Br)cc2)cc1Br)c1cc(COc2ccc3c(c2)OCO3)cs1. The van der Waals surface area contributed by atoms with Gasteiger partial charge in [0, 0.05) is 22.3 Å². The Morgan fingerprint density at radius 1 is 1.09 bits per heavy atom. The van der Waals surface area contributed by atoms with E-state index in [4.69, 9.17) is 14.2 Å². The molecule has 0 fully saturated rings. The monoisotopic (exact) mass is 589 g/mol. The second-order valence-electron chi connectivity index (χ2n) is 7.23. The van der Waals surface area contributed by atoms with E-state index in [1.807, 2.05) is 54.0 Å². The zero-order chi connectivity index (χ0) is 22.8. The second kappa shape index (κ2) is 9.58. The van der Waals surface area contributed by atoms with Gasteiger partial charge in [-0.05, 0) is 57.2 Å². The van der Waals surface area contributed by atoms with E-state index >= 15 is 0 Å². The van der Waals surface area contributed by atoms with Crippen LogP contribution in [0.1, 0.15) is 20.8 Å². The predicted octanol–water partition coefficient (Wildman–Crippen LogP) is 6.08. The Morgan fingerprint density at radius 2 is 1.91 bits per heavy atom. The van der Waals surface area contributed by atoms with Crippen molar-refractivity contribution in [3.05, 3.63) is 85.1 Å². The van der Waals surface area contributed by atoms with Crippen LogP contribution in [0.5, 0.6) is 17.2 Å². The van der Waals surface area contributed by atoms with E-state index in [1.54, 1.807) is 10.7 Å². The Labute approximate surface area is 210 Å². The van der Waals surface area contributed by atoms with Gasteiger partial charge < -0.3 is 19.5 Å². The summed E-state index contributed by atoms with van der Waals surface area (Å²) in [5.74, 6) is 2.31. The highest BCUT2D eigenvalue weighted by Crippen LogP contribution is 2.35. The van der Waals surface area contributed by atoms with Gasteiger partial charge in [0.1, 0.15) is 12.4 Å². The molecule has 0 aliphatic carbocycles. The number of carbonyl (C=O) groups excluding carboxylic acids is 1. The summed E-state index contributed by atoms with van der Waals surface area (Å²) in [6.07, 6.45) is 1.84. The summed E-state index contributed by atoms with van der Waals surface area (Å²) in [6.45, 7) is 1.16. The van der Waals surface area contributed by atoms with Crippen LogP contribution < -0.4 is 19.5 Å². The Bertz CT molecular complexity index is 1300. The highest BCUT2D eigenvalue weighted by atomic mass is 79.9. The minimum Gasteiger partial charge on any atom is -0.489 e. The van der Waals surface area contributed by atoms with Crippen LogP contribution in [0.4, 0.5) is 5.82 Å². The molecule has 2 aromatic heterocycles. The van der Waals surface area contributed by atoms with Crippen LogP contribution in [-0.2, 0) is 13.2 Å². The van der Waals surface area contributed by atoms with Crippen molar-refractivity contribution in [2.24, 2.45) is 0 Å². The summed E-state index contributed by atoms with van der Waals surface area (Å²) in [4.78, 5) is 13.3. The molecule has 0 bridgehead atoms. The number of aromatic nitrogens is 2. The Morgan fingerprint density at radius 3 is 2.76 bits per heavy atom. The smallest absolute Gasteiger partial charge is 0.266 e.